The highest BCUT2D eigenvalue weighted by molar-refractivity contribution is 4.96. The highest BCUT2D eigenvalue weighted by atomic mass is 15.1. The van der Waals surface area contributed by atoms with E-state index in [9.17, 15) is 0 Å². The third-order valence-corrected chi connectivity index (χ3v) is 3.32. The molecule has 0 atom stereocenters. The lowest BCUT2D eigenvalue weighted by Gasteiger charge is -2.30. The summed E-state index contributed by atoms with van der Waals surface area (Å²) < 4.78 is 0. The van der Waals surface area contributed by atoms with Crippen LogP contribution in [0.15, 0.2) is 0 Å². The normalized spacial score (nSPS) is 30.9. The monoisotopic (exact) mass is 139 g/mol. The maximum atomic E-state index is 2.57. The van der Waals surface area contributed by atoms with Gasteiger partial charge in [0, 0.05) is 0 Å². The molecular formula is C9H17N. The first kappa shape index (κ1) is 6.66. The number of piperidine rings is 1. The van der Waals surface area contributed by atoms with Gasteiger partial charge < -0.3 is 4.90 Å². The van der Waals surface area contributed by atoms with Crippen LogP contribution in [-0.4, -0.2) is 24.5 Å². The molecule has 0 aromatic rings. The van der Waals surface area contributed by atoms with Crippen molar-refractivity contribution >= 4 is 0 Å². The number of rotatable bonds is 1. The van der Waals surface area contributed by atoms with Gasteiger partial charge in [0.2, 0.25) is 0 Å². The van der Waals surface area contributed by atoms with Crippen molar-refractivity contribution in [2.75, 3.05) is 19.6 Å². The first-order chi connectivity index (χ1) is 4.85. The number of nitrogens with zero attached hydrogens (tertiary/aromatic N) is 1. The van der Waals surface area contributed by atoms with Crippen molar-refractivity contribution in [2.45, 2.75) is 32.6 Å². The second-order valence-corrected chi connectivity index (χ2v) is 3.93. The summed E-state index contributed by atoms with van der Waals surface area (Å²) in [6, 6.07) is 0. The third-order valence-electron chi connectivity index (χ3n) is 3.32. The zero-order valence-corrected chi connectivity index (χ0v) is 6.90. The molecule has 1 heteroatoms. The third kappa shape index (κ3) is 1.07. The van der Waals surface area contributed by atoms with Gasteiger partial charge >= 0.3 is 0 Å². The predicted molar refractivity (Wildman–Crippen MR) is 43.0 cm³/mol. The van der Waals surface area contributed by atoms with Crippen molar-refractivity contribution in [3.8, 4) is 0 Å². The van der Waals surface area contributed by atoms with E-state index >= 15 is 0 Å². The molecule has 2 rings (SSSR count). The van der Waals surface area contributed by atoms with Crippen LogP contribution in [0.25, 0.3) is 0 Å². The molecule has 0 amide bonds. The SMILES string of the molecule is CCN1CCC2(CC1)CC2. The van der Waals surface area contributed by atoms with Crippen molar-refractivity contribution in [1.82, 2.24) is 4.90 Å². The van der Waals surface area contributed by atoms with Gasteiger partial charge in [0.1, 0.15) is 0 Å². The summed E-state index contributed by atoms with van der Waals surface area (Å²) in [5.41, 5.74) is 0.867. The Morgan fingerprint density at radius 1 is 1.10 bits per heavy atom. The van der Waals surface area contributed by atoms with Crippen LogP contribution in [0.1, 0.15) is 32.6 Å². The molecule has 0 aromatic carbocycles. The Labute approximate surface area is 63.4 Å². The molecule has 1 heterocycles. The average Bonchev–Trinajstić information content (AvgIpc) is 2.72. The number of hydrogen-bond donors (Lipinski definition) is 0. The molecule has 10 heavy (non-hydrogen) atoms. The molecule has 0 unspecified atom stereocenters. The standard InChI is InChI=1S/C9H17N/c1-2-10-7-5-9(3-4-9)6-8-10/h2-8H2,1H3. The quantitative estimate of drug-likeness (QED) is 0.536. The van der Waals surface area contributed by atoms with E-state index in [0.29, 0.717) is 0 Å². The molecule has 58 valence electrons. The molecule has 1 saturated heterocycles. The average molecular weight is 139 g/mol. The number of hydrogen-bond acceptors (Lipinski definition) is 1. The Bertz CT molecular complexity index is 117. The highest BCUT2D eigenvalue weighted by Gasteiger charge is 2.43. The van der Waals surface area contributed by atoms with Gasteiger partial charge in [-0.15, -0.1) is 0 Å². The van der Waals surface area contributed by atoms with Crippen LogP contribution in [0, 0.1) is 5.41 Å². The summed E-state index contributed by atoms with van der Waals surface area (Å²) in [5.74, 6) is 0. The van der Waals surface area contributed by atoms with Crippen molar-refractivity contribution in [3.63, 3.8) is 0 Å². The summed E-state index contributed by atoms with van der Waals surface area (Å²) in [4.78, 5) is 2.57. The zero-order chi connectivity index (χ0) is 7.03. The van der Waals surface area contributed by atoms with E-state index < -0.39 is 0 Å². The molecule has 2 fully saturated rings. The van der Waals surface area contributed by atoms with E-state index in [1.807, 2.05) is 0 Å². The topological polar surface area (TPSA) is 3.24 Å². The second-order valence-electron chi connectivity index (χ2n) is 3.93. The van der Waals surface area contributed by atoms with Crippen LogP contribution < -0.4 is 0 Å². The van der Waals surface area contributed by atoms with Crippen molar-refractivity contribution in [1.29, 1.82) is 0 Å². The fourth-order valence-corrected chi connectivity index (χ4v) is 2.02. The molecule has 1 spiro atoms. The van der Waals surface area contributed by atoms with Gasteiger partial charge in [-0.25, -0.2) is 0 Å². The summed E-state index contributed by atoms with van der Waals surface area (Å²) in [6.07, 6.45) is 6.04. The summed E-state index contributed by atoms with van der Waals surface area (Å²) >= 11 is 0. The lowest BCUT2D eigenvalue weighted by Crippen LogP contribution is -2.34. The minimum absolute atomic E-state index is 0.867. The summed E-state index contributed by atoms with van der Waals surface area (Å²) in [6.45, 7) is 6.27. The predicted octanol–water partition coefficient (Wildman–Crippen LogP) is 1.88. The van der Waals surface area contributed by atoms with Gasteiger partial charge in [-0.2, -0.15) is 0 Å². The lowest BCUT2D eigenvalue weighted by molar-refractivity contribution is 0.180. The largest absolute Gasteiger partial charge is 0.304 e. The fourth-order valence-electron chi connectivity index (χ4n) is 2.02. The van der Waals surface area contributed by atoms with Crippen LogP contribution in [0.4, 0.5) is 0 Å². The fraction of sp³-hybridized carbons (Fsp3) is 1.00. The molecule has 1 saturated carbocycles. The van der Waals surface area contributed by atoms with Crippen molar-refractivity contribution < 1.29 is 0 Å². The van der Waals surface area contributed by atoms with Gasteiger partial charge in [-0.05, 0) is 50.7 Å². The Morgan fingerprint density at radius 3 is 2.10 bits per heavy atom. The van der Waals surface area contributed by atoms with Crippen LogP contribution in [0.5, 0.6) is 0 Å². The van der Waals surface area contributed by atoms with Crippen molar-refractivity contribution in [3.05, 3.63) is 0 Å². The van der Waals surface area contributed by atoms with Gasteiger partial charge in [0.25, 0.3) is 0 Å². The maximum absolute atomic E-state index is 2.57. The van der Waals surface area contributed by atoms with Crippen LogP contribution >= 0.6 is 0 Å². The molecule has 0 radical (unpaired) electrons. The Balaban J connectivity index is 1.84. The molecule has 0 aromatic heterocycles. The minimum atomic E-state index is 0.867. The van der Waals surface area contributed by atoms with E-state index in [0.717, 1.165) is 5.41 Å². The lowest BCUT2D eigenvalue weighted by atomic mass is 9.94. The molecular weight excluding hydrogens is 122 g/mol. The zero-order valence-electron chi connectivity index (χ0n) is 6.90. The van der Waals surface area contributed by atoms with E-state index in [1.54, 1.807) is 0 Å². The van der Waals surface area contributed by atoms with Gasteiger partial charge in [0.15, 0.2) is 0 Å². The smallest absolute Gasteiger partial charge is 0.00135 e. The van der Waals surface area contributed by atoms with Crippen LogP contribution in [-0.2, 0) is 0 Å². The first-order valence-corrected chi connectivity index (χ1v) is 4.57. The van der Waals surface area contributed by atoms with Crippen LogP contribution in [0.3, 0.4) is 0 Å². The molecule has 0 N–H and O–H groups in total. The van der Waals surface area contributed by atoms with E-state index in [1.165, 1.54) is 45.3 Å². The molecule has 2 aliphatic rings. The Hall–Kier alpha value is -0.0400. The van der Waals surface area contributed by atoms with E-state index in [4.69, 9.17) is 0 Å². The molecule has 0 bridgehead atoms. The Kier molecular flexibility index (Phi) is 1.48. The van der Waals surface area contributed by atoms with Crippen LogP contribution in [0.2, 0.25) is 0 Å². The Morgan fingerprint density at radius 2 is 1.70 bits per heavy atom. The molecule has 1 nitrogen and oxygen atoms in total. The molecule has 1 aliphatic carbocycles. The van der Waals surface area contributed by atoms with E-state index in [-0.39, 0.29) is 0 Å². The maximum Gasteiger partial charge on any atom is -0.00135 e. The van der Waals surface area contributed by atoms with Gasteiger partial charge in [-0.3, -0.25) is 0 Å². The summed E-state index contributed by atoms with van der Waals surface area (Å²) in [5, 5.41) is 0. The van der Waals surface area contributed by atoms with Gasteiger partial charge in [0.05, 0.1) is 0 Å². The minimum Gasteiger partial charge on any atom is -0.304 e. The van der Waals surface area contributed by atoms with Crippen molar-refractivity contribution in [2.24, 2.45) is 5.41 Å². The second kappa shape index (κ2) is 2.23. The molecule has 1 aliphatic heterocycles. The van der Waals surface area contributed by atoms with Gasteiger partial charge in [-0.1, -0.05) is 6.92 Å². The summed E-state index contributed by atoms with van der Waals surface area (Å²) in [7, 11) is 0. The highest BCUT2D eigenvalue weighted by Crippen LogP contribution is 2.53. The first-order valence-electron chi connectivity index (χ1n) is 4.57. The van der Waals surface area contributed by atoms with E-state index in [2.05, 4.69) is 11.8 Å². The number of likely N-dealkylation sites (tertiary alicyclic amines) is 1.